The minimum absolute atomic E-state index is 0.120. The molecule has 0 saturated carbocycles. The molecule has 0 atom stereocenters. The van der Waals surface area contributed by atoms with Gasteiger partial charge in [-0.25, -0.2) is 14.2 Å². The number of carbonyl (C=O) groups excluding carboxylic acids is 1. The summed E-state index contributed by atoms with van der Waals surface area (Å²) in [6, 6.07) is 6.84. The molecule has 1 aromatic heterocycles. The predicted octanol–water partition coefficient (Wildman–Crippen LogP) is 2.48. The quantitative estimate of drug-likeness (QED) is 0.901. The van der Waals surface area contributed by atoms with Crippen LogP contribution in [-0.4, -0.2) is 22.0 Å². The molecule has 1 amide bonds. The van der Waals surface area contributed by atoms with Gasteiger partial charge in [-0.05, 0) is 31.2 Å². The lowest BCUT2D eigenvalue weighted by molar-refractivity contribution is 0.0697. The van der Waals surface area contributed by atoms with Gasteiger partial charge in [-0.1, -0.05) is 11.6 Å². The molecule has 0 aliphatic heterocycles. The van der Waals surface area contributed by atoms with E-state index in [0.717, 1.165) is 5.56 Å². The molecule has 1 heterocycles. The molecular formula is C14H11FN2O3. The van der Waals surface area contributed by atoms with E-state index in [-0.39, 0.29) is 16.9 Å². The van der Waals surface area contributed by atoms with Crippen molar-refractivity contribution in [1.82, 2.24) is 4.98 Å². The Kier molecular flexibility index (Phi) is 3.74. The Labute approximate surface area is 114 Å². The maximum absolute atomic E-state index is 13.6. The van der Waals surface area contributed by atoms with Crippen molar-refractivity contribution in [1.29, 1.82) is 0 Å². The Morgan fingerprint density at radius 3 is 2.70 bits per heavy atom. The summed E-state index contributed by atoms with van der Waals surface area (Å²) in [5, 5.41) is 11.3. The van der Waals surface area contributed by atoms with E-state index in [4.69, 9.17) is 5.11 Å². The van der Waals surface area contributed by atoms with Crippen LogP contribution in [-0.2, 0) is 0 Å². The van der Waals surface area contributed by atoms with Crippen molar-refractivity contribution in [3.63, 3.8) is 0 Å². The molecule has 2 rings (SSSR count). The lowest BCUT2D eigenvalue weighted by Gasteiger charge is -2.08. The van der Waals surface area contributed by atoms with Crippen molar-refractivity contribution < 1.29 is 19.1 Å². The molecule has 1 aromatic carbocycles. The van der Waals surface area contributed by atoms with E-state index < -0.39 is 17.7 Å². The Morgan fingerprint density at radius 1 is 1.25 bits per heavy atom. The summed E-state index contributed by atoms with van der Waals surface area (Å²) in [5.41, 5.74) is 0.400. The van der Waals surface area contributed by atoms with Crippen LogP contribution in [0.15, 0.2) is 36.5 Å². The minimum Gasteiger partial charge on any atom is -0.478 e. The number of aryl methyl sites for hydroxylation is 1. The standard InChI is InChI=1S/C14H11FN2O3/c1-8-4-5-11(15)10(7-8)13(18)17-12-9(14(19)20)3-2-6-16-12/h2-7H,1H3,(H,19,20)(H,16,17,18). The lowest BCUT2D eigenvalue weighted by atomic mass is 10.1. The topological polar surface area (TPSA) is 79.3 Å². The van der Waals surface area contributed by atoms with Gasteiger partial charge in [0.25, 0.3) is 5.91 Å². The van der Waals surface area contributed by atoms with E-state index in [0.29, 0.717) is 0 Å². The number of carboxylic acid groups (broad SMARTS) is 1. The summed E-state index contributed by atoms with van der Waals surface area (Å²) < 4.78 is 13.6. The van der Waals surface area contributed by atoms with Crippen LogP contribution in [0.25, 0.3) is 0 Å². The number of benzene rings is 1. The Morgan fingerprint density at radius 2 is 2.00 bits per heavy atom. The van der Waals surface area contributed by atoms with Gasteiger partial charge in [-0.3, -0.25) is 4.79 Å². The molecule has 0 aliphatic rings. The number of anilines is 1. The number of aromatic nitrogens is 1. The number of halogens is 1. The average molecular weight is 274 g/mol. The van der Waals surface area contributed by atoms with E-state index in [1.165, 1.54) is 36.5 Å². The van der Waals surface area contributed by atoms with Crippen LogP contribution in [0.1, 0.15) is 26.3 Å². The first kappa shape index (κ1) is 13.7. The fraction of sp³-hybridized carbons (Fsp3) is 0.0714. The highest BCUT2D eigenvalue weighted by Crippen LogP contribution is 2.15. The minimum atomic E-state index is -1.22. The molecule has 0 bridgehead atoms. The van der Waals surface area contributed by atoms with Gasteiger partial charge in [-0.2, -0.15) is 0 Å². The van der Waals surface area contributed by atoms with Crippen molar-refractivity contribution in [3.8, 4) is 0 Å². The van der Waals surface area contributed by atoms with Crippen LogP contribution in [0, 0.1) is 12.7 Å². The first-order valence-electron chi connectivity index (χ1n) is 5.75. The molecule has 0 spiro atoms. The van der Waals surface area contributed by atoms with Gasteiger partial charge in [0.1, 0.15) is 17.2 Å². The van der Waals surface area contributed by atoms with Crippen LogP contribution in [0.3, 0.4) is 0 Å². The second-order valence-corrected chi connectivity index (χ2v) is 4.14. The number of pyridine rings is 1. The van der Waals surface area contributed by atoms with Crippen molar-refractivity contribution in [2.75, 3.05) is 5.32 Å². The number of nitrogens with one attached hydrogen (secondary N) is 1. The summed E-state index contributed by atoms with van der Waals surface area (Å²) >= 11 is 0. The molecule has 0 unspecified atom stereocenters. The molecule has 0 radical (unpaired) electrons. The molecule has 0 fully saturated rings. The molecule has 5 nitrogen and oxygen atoms in total. The van der Waals surface area contributed by atoms with Crippen LogP contribution < -0.4 is 5.32 Å². The van der Waals surface area contributed by atoms with Crippen LogP contribution in [0.5, 0.6) is 0 Å². The number of carboxylic acids is 1. The highest BCUT2D eigenvalue weighted by atomic mass is 19.1. The molecular weight excluding hydrogens is 263 g/mol. The van der Waals surface area contributed by atoms with Gasteiger partial charge in [0.05, 0.1) is 5.56 Å². The fourth-order valence-electron chi connectivity index (χ4n) is 1.67. The maximum atomic E-state index is 13.6. The second-order valence-electron chi connectivity index (χ2n) is 4.14. The molecule has 2 N–H and O–H groups in total. The average Bonchev–Trinajstić information content (AvgIpc) is 2.41. The molecule has 0 saturated heterocycles. The lowest BCUT2D eigenvalue weighted by Crippen LogP contribution is -2.17. The Balaban J connectivity index is 2.33. The zero-order valence-corrected chi connectivity index (χ0v) is 10.6. The number of amides is 1. The Bertz CT molecular complexity index is 686. The van der Waals surface area contributed by atoms with E-state index in [1.807, 2.05) is 0 Å². The van der Waals surface area contributed by atoms with Gasteiger partial charge in [0.15, 0.2) is 0 Å². The van der Waals surface area contributed by atoms with Crippen LogP contribution in [0.2, 0.25) is 0 Å². The fourth-order valence-corrected chi connectivity index (χ4v) is 1.67. The summed E-state index contributed by atoms with van der Waals surface area (Å²) in [6.45, 7) is 1.72. The first-order chi connectivity index (χ1) is 9.49. The summed E-state index contributed by atoms with van der Waals surface area (Å²) in [7, 11) is 0. The third kappa shape index (κ3) is 2.80. The molecule has 6 heteroatoms. The van der Waals surface area contributed by atoms with Crippen LogP contribution in [0.4, 0.5) is 10.2 Å². The van der Waals surface area contributed by atoms with Crippen molar-refractivity contribution in [3.05, 3.63) is 59.0 Å². The highest BCUT2D eigenvalue weighted by Gasteiger charge is 2.16. The number of hydrogen-bond donors (Lipinski definition) is 2. The summed E-state index contributed by atoms with van der Waals surface area (Å²) in [6.07, 6.45) is 1.34. The third-order valence-corrected chi connectivity index (χ3v) is 2.64. The van der Waals surface area contributed by atoms with Gasteiger partial charge in [0.2, 0.25) is 0 Å². The second kappa shape index (κ2) is 5.48. The van der Waals surface area contributed by atoms with E-state index in [2.05, 4.69) is 10.3 Å². The van der Waals surface area contributed by atoms with Crippen molar-refractivity contribution >= 4 is 17.7 Å². The highest BCUT2D eigenvalue weighted by molar-refractivity contribution is 6.07. The third-order valence-electron chi connectivity index (χ3n) is 2.64. The zero-order valence-electron chi connectivity index (χ0n) is 10.6. The zero-order chi connectivity index (χ0) is 14.7. The SMILES string of the molecule is Cc1ccc(F)c(C(=O)Nc2ncccc2C(=O)O)c1. The monoisotopic (exact) mass is 274 g/mol. The number of carbonyl (C=O) groups is 2. The summed E-state index contributed by atoms with van der Waals surface area (Å²) in [5.74, 6) is -2.77. The van der Waals surface area contributed by atoms with E-state index >= 15 is 0 Å². The molecule has 20 heavy (non-hydrogen) atoms. The number of nitrogens with zero attached hydrogens (tertiary/aromatic N) is 1. The number of aromatic carboxylic acids is 1. The normalized spacial score (nSPS) is 10.1. The van der Waals surface area contributed by atoms with Gasteiger partial charge in [-0.15, -0.1) is 0 Å². The van der Waals surface area contributed by atoms with E-state index in [1.54, 1.807) is 6.92 Å². The maximum Gasteiger partial charge on any atom is 0.339 e. The largest absolute Gasteiger partial charge is 0.478 e. The molecule has 0 aliphatic carbocycles. The van der Waals surface area contributed by atoms with E-state index in [9.17, 15) is 14.0 Å². The smallest absolute Gasteiger partial charge is 0.339 e. The van der Waals surface area contributed by atoms with Crippen molar-refractivity contribution in [2.45, 2.75) is 6.92 Å². The molecule has 102 valence electrons. The summed E-state index contributed by atoms with van der Waals surface area (Å²) in [4.78, 5) is 26.8. The predicted molar refractivity (Wildman–Crippen MR) is 70.3 cm³/mol. The van der Waals surface area contributed by atoms with Crippen molar-refractivity contribution in [2.24, 2.45) is 0 Å². The van der Waals surface area contributed by atoms with Gasteiger partial charge >= 0.3 is 5.97 Å². The Hall–Kier alpha value is -2.76. The van der Waals surface area contributed by atoms with Gasteiger partial charge < -0.3 is 10.4 Å². The van der Waals surface area contributed by atoms with Crippen LogP contribution >= 0.6 is 0 Å². The first-order valence-corrected chi connectivity index (χ1v) is 5.75. The van der Waals surface area contributed by atoms with Gasteiger partial charge in [0, 0.05) is 6.20 Å². The number of hydrogen-bond acceptors (Lipinski definition) is 3. The number of rotatable bonds is 3. The molecule has 2 aromatic rings.